The first-order chi connectivity index (χ1) is 14.5. The van der Waals surface area contributed by atoms with Crippen LogP contribution in [0.1, 0.15) is 51.6 Å². The third-order valence-electron chi connectivity index (χ3n) is 5.78. The van der Waals surface area contributed by atoms with Gasteiger partial charge in [0, 0.05) is 18.8 Å². The number of methoxy groups -OCH3 is 1. The van der Waals surface area contributed by atoms with Crippen LogP contribution >= 0.6 is 0 Å². The number of carbonyl (C=O) groups is 1. The fourth-order valence-corrected chi connectivity index (χ4v) is 3.98. The molecule has 1 aliphatic rings. The van der Waals surface area contributed by atoms with Crippen molar-refractivity contribution in [3.63, 3.8) is 0 Å². The monoisotopic (exact) mass is 410 g/mol. The number of carbonyl (C=O) groups excluding carboxylic acids is 1. The minimum absolute atomic E-state index is 0.0952. The first kappa shape index (κ1) is 22.0. The van der Waals surface area contributed by atoms with Crippen molar-refractivity contribution < 1.29 is 14.3 Å². The average Bonchev–Trinajstić information content (AvgIpc) is 2.77. The van der Waals surface area contributed by atoms with Crippen molar-refractivity contribution in [1.82, 2.24) is 5.32 Å². The van der Waals surface area contributed by atoms with Crippen LogP contribution in [0.3, 0.4) is 0 Å². The Morgan fingerprint density at radius 1 is 1.17 bits per heavy atom. The highest BCUT2D eigenvalue weighted by Crippen LogP contribution is 2.28. The summed E-state index contributed by atoms with van der Waals surface area (Å²) in [5.74, 6) is 1.82. The number of hydrogen-bond donors (Lipinski definition) is 1. The smallest absolute Gasteiger partial charge is 0.261 e. The van der Waals surface area contributed by atoms with Gasteiger partial charge >= 0.3 is 0 Å². The molecule has 0 bridgehead atoms. The first-order valence-electron chi connectivity index (χ1n) is 11.0. The van der Waals surface area contributed by atoms with Gasteiger partial charge in [0.25, 0.3) is 5.91 Å². The van der Waals surface area contributed by atoms with Crippen molar-refractivity contribution in [3.8, 4) is 11.5 Å². The average molecular weight is 411 g/mol. The van der Waals surface area contributed by atoms with E-state index in [2.05, 4.69) is 41.4 Å². The molecule has 1 N–H and O–H groups in total. The van der Waals surface area contributed by atoms with E-state index in [0.29, 0.717) is 17.9 Å². The van der Waals surface area contributed by atoms with Gasteiger partial charge in [0.2, 0.25) is 0 Å². The number of nitrogens with one attached hydrogen (secondary N) is 1. The zero-order valence-corrected chi connectivity index (χ0v) is 18.6. The molecule has 0 radical (unpaired) electrons. The lowest BCUT2D eigenvalue weighted by atomic mass is 9.99. The number of nitrogens with zero attached hydrogens (tertiary/aromatic N) is 1. The molecule has 0 aromatic heterocycles. The lowest BCUT2D eigenvalue weighted by Gasteiger charge is -2.33. The Bertz CT molecular complexity index is 821. The lowest BCUT2D eigenvalue weighted by molar-refractivity contribution is -0.128. The van der Waals surface area contributed by atoms with Gasteiger partial charge in [-0.3, -0.25) is 4.79 Å². The van der Waals surface area contributed by atoms with Crippen LogP contribution in [0.5, 0.6) is 11.5 Å². The number of ether oxygens (including phenoxy) is 2. The largest absolute Gasteiger partial charge is 0.493 e. The normalized spacial score (nSPS) is 18.4. The number of benzene rings is 2. The number of piperidine rings is 1. The maximum Gasteiger partial charge on any atom is 0.261 e. The molecular weight excluding hydrogens is 376 g/mol. The van der Waals surface area contributed by atoms with Crippen molar-refractivity contribution in [2.24, 2.45) is 5.92 Å². The van der Waals surface area contributed by atoms with Gasteiger partial charge in [-0.2, -0.15) is 0 Å². The molecule has 5 heteroatoms. The summed E-state index contributed by atoms with van der Waals surface area (Å²) in [6.45, 7) is 8.50. The number of amides is 1. The van der Waals surface area contributed by atoms with Crippen LogP contribution in [0, 0.1) is 5.92 Å². The van der Waals surface area contributed by atoms with Crippen LogP contribution in [-0.4, -0.2) is 32.2 Å². The summed E-state index contributed by atoms with van der Waals surface area (Å²) in [4.78, 5) is 15.3. The summed E-state index contributed by atoms with van der Waals surface area (Å²) in [5, 5.41) is 3.09. The fourth-order valence-electron chi connectivity index (χ4n) is 3.98. The Hall–Kier alpha value is -2.69. The van der Waals surface area contributed by atoms with E-state index in [1.807, 2.05) is 38.1 Å². The molecule has 2 aromatic rings. The van der Waals surface area contributed by atoms with E-state index in [9.17, 15) is 4.79 Å². The predicted octanol–water partition coefficient (Wildman–Crippen LogP) is 4.97. The highest BCUT2D eigenvalue weighted by molar-refractivity contribution is 5.81. The maximum absolute atomic E-state index is 12.8. The lowest BCUT2D eigenvalue weighted by Crippen LogP contribution is -2.39. The SMILES string of the molecule is CC[C@H](Oc1ccccc1OC)C(=O)N[C@@H](C)c1ccc(N2CCC[C@H](C)C2)cc1. The van der Waals surface area contributed by atoms with Gasteiger partial charge in [-0.1, -0.05) is 38.1 Å². The van der Waals surface area contributed by atoms with Crippen molar-refractivity contribution in [2.75, 3.05) is 25.1 Å². The minimum Gasteiger partial charge on any atom is -0.493 e. The molecule has 0 unspecified atom stereocenters. The Labute approximate surface area is 180 Å². The van der Waals surface area contributed by atoms with Crippen LogP contribution in [0.2, 0.25) is 0 Å². The zero-order valence-electron chi connectivity index (χ0n) is 18.6. The van der Waals surface area contributed by atoms with E-state index in [1.165, 1.54) is 18.5 Å². The molecule has 3 rings (SSSR count). The molecule has 2 aromatic carbocycles. The standard InChI is InChI=1S/C25H34N2O3/c1-5-22(30-24-11-7-6-10-23(24)29-4)25(28)26-19(3)20-12-14-21(15-13-20)27-16-8-9-18(2)17-27/h6-7,10-15,18-19,22H,5,8-9,16-17H2,1-4H3,(H,26,28)/t18-,19-,22-/m0/s1. The Morgan fingerprint density at radius 2 is 1.87 bits per heavy atom. The van der Waals surface area contributed by atoms with Gasteiger partial charge in [0.05, 0.1) is 13.2 Å². The predicted molar refractivity (Wildman–Crippen MR) is 121 cm³/mol. The molecule has 1 saturated heterocycles. The zero-order chi connectivity index (χ0) is 21.5. The van der Waals surface area contributed by atoms with Gasteiger partial charge in [0.1, 0.15) is 0 Å². The van der Waals surface area contributed by atoms with Crippen molar-refractivity contribution in [2.45, 2.75) is 52.2 Å². The van der Waals surface area contributed by atoms with Gasteiger partial charge in [0.15, 0.2) is 17.6 Å². The molecule has 1 fully saturated rings. The second-order valence-corrected chi connectivity index (χ2v) is 8.18. The van der Waals surface area contributed by atoms with E-state index < -0.39 is 6.10 Å². The van der Waals surface area contributed by atoms with Crippen molar-refractivity contribution in [3.05, 3.63) is 54.1 Å². The third-order valence-corrected chi connectivity index (χ3v) is 5.78. The van der Waals surface area contributed by atoms with Gasteiger partial charge in [-0.25, -0.2) is 0 Å². The third kappa shape index (κ3) is 5.47. The fraction of sp³-hybridized carbons (Fsp3) is 0.480. The highest BCUT2D eigenvalue weighted by Gasteiger charge is 2.22. The van der Waals surface area contributed by atoms with Crippen LogP contribution in [0.15, 0.2) is 48.5 Å². The molecule has 0 saturated carbocycles. The highest BCUT2D eigenvalue weighted by atomic mass is 16.5. The van der Waals surface area contributed by atoms with Gasteiger partial charge in [-0.05, 0) is 61.9 Å². The van der Waals surface area contributed by atoms with E-state index >= 15 is 0 Å². The summed E-state index contributed by atoms with van der Waals surface area (Å²) < 4.78 is 11.3. The van der Waals surface area contributed by atoms with Crippen LogP contribution in [-0.2, 0) is 4.79 Å². The van der Waals surface area contributed by atoms with Crippen LogP contribution in [0.4, 0.5) is 5.69 Å². The molecule has 1 aliphatic heterocycles. The molecule has 3 atom stereocenters. The second-order valence-electron chi connectivity index (χ2n) is 8.18. The summed E-state index contributed by atoms with van der Waals surface area (Å²) >= 11 is 0. The maximum atomic E-state index is 12.8. The van der Waals surface area contributed by atoms with Crippen LogP contribution in [0.25, 0.3) is 0 Å². The van der Waals surface area contributed by atoms with E-state index in [4.69, 9.17) is 9.47 Å². The number of anilines is 1. The van der Waals surface area contributed by atoms with Gasteiger partial charge < -0.3 is 19.7 Å². The van der Waals surface area contributed by atoms with E-state index in [-0.39, 0.29) is 11.9 Å². The Balaban J connectivity index is 1.61. The molecule has 162 valence electrons. The molecule has 0 spiro atoms. The molecule has 1 amide bonds. The summed E-state index contributed by atoms with van der Waals surface area (Å²) in [6.07, 6.45) is 2.56. The topological polar surface area (TPSA) is 50.8 Å². The molecular formula is C25H34N2O3. The Morgan fingerprint density at radius 3 is 2.50 bits per heavy atom. The number of para-hydroxylation sites is 2. The van der Waals surface area contributed by atoms with Crippen LogP contribution < -0.4 is 19.7 Å². The van der Waals surface area contributed by atoms with Gasteiger partial charge in [-0.15, -0.1) is 0 Å². The second kappa shape index (κ2) is 10.4. The Kier molecular flexibility index (Phi) is 7.61. The number of rotatable bonds is 8. The summed E-state index contributed by atoms with van der Waals surface area (Å²) in [7, 11) is 1.60. The summed E-state index contributed by atoms with van der Waals surface area (Å²) in [6, 6.07) is 15.9. The molecule has 5 nitrogen and oxygen atoms in total. The molecule has 0 aliphatic carbocycles. The molecule has 30 heavy (non-hydrogen) atoms. The number of hydrogen-bond acceptors (Lipinski definition) is 4. The minimum atomic E-state index is -0.571. The van der Waals surface area contributed by atoms with Crippen molar-refractivity contribution in [1.29, 1.82) is 0 Å². The van der Waals surface area contributed by atoms with E-state index in [1.54, 1.807) is 7.11 Å². The quantitative estimate of drug-likeness (QED) is 0.668. The van der Waals surface area contributed by atoms with E-state index in [0.717, 1.165) is 24.6 Å². The van der Waals surface area contributed by atoms with Crippen molar-refractivity contribution >= 4 is 11.6 Å². The first-order valence-corrected chi connectivity index (χ1v) is 11.0. The molecule has 1 heterocycles. The summed E-state index contributed by atoms with van der Waals surface area (Å²) in [5.41, 5.74) is 2.35.